The number of halogens is 4. The molecule has 0 spiro atoms. The number of benzene rings is 4. The molecule has 4 aromatic rings. The Balaban J connectivity index is 1.62. The Labute approximate surface area is 236 Å². The third-order valence-corrected chi connectivity index (χ3v) is 6.65. The molecule has 2 amide bonds. The zero-order valence-corrected chi connectivity index (χ0v) is 22.1. The maximum absolute atomic E-state index is 13.5. The summed E-state index contributed by atoms with van der Waals surface area (Å²) in [6, 6.07) is 17.8. The van der Waals surface area contributed by atoms with E-state index in [1.807, 2.05) is 0 Å². The molecule has 0 aromatic heterocycles. The van der Waals surface area contributed by atoms with Gasteiger partial charge < -0.3 is 10.6 Å². The van der Waals surface area contributed by atoms with Crippen LogP contribution < -0.4 is 10.6 Å². The Morgan fingerprint density at radius 2 is 1.03 bits per heavy atom. The van der Waals surface area contributed by atoms with Crippen LogP contribution in [0.2, 0.25) is 20.1 Å². The molecule has 2 N–H and O–H groups in total. The minimum atomic E-state index is -0.736. The lowest BCUT2D eigenvalue weighted by Crippen LogP contribution is -2.27. The summed E-state index contributed by atoms with van der Waals surface area (Å²) in [5.41, 5.74) is 0.529. The lowest BCUT2D eigenvalue weighted by molar-refractivity contribution is 0.0968. The van der Waals surface area contributed by atoms with E-state index >= 15 is 0 Å². The van der Waals surface area contributed by atoms with E-state index in [-0.39, 0.29) is 49.1 Å². The fraction of sp³-hybridized carbons (Fsp3) is 0. The molecular formula is C28H14Cl4N2O4. The summed E-state index contributed by atoms with van der Waals surface area (Å²) in [4.78, 5) is 53.6. The van der Waals surface area contributed by atoms with E-state index in [0.717, 1.165) is 0 Å². The standard InChI is InChI=1S/C28H14Cl4N2O4/c29-14-7-15(30)10-18(9-14)33-27(37)13-5-22-24(26(36)21-4-2-1-3-20(21)25(22)35)23(6-13)28(38)34-19-11-16(31)8-17(32)12-19/h1-12H,(H,33,37)(H,34,38). The molecule has 38 heavy (non-hydrogen) atoms. The van der Waals surface area contributed by atoms with Crippen molar-refractivity contribution in [2.24, 2.45) is 0 Å². The highest BCUT2D eigenvalue weighted by Gasteiger charge is 2.34. The molecule has 5 rings (SSSR count). The average molecular weight is 584 g/mol. The van der Waals surface area contributed by atoms with Crippen molar-refractivity contribution < 1.29 is 19.2 Å². The first-order valence-corrected chi connectivity index (χ1v) is 12.5. The largest absolute Gasteiger partial charge is 0.322 e. The molecule has 0 radical (unpaired) electrons. The number of hydrogen-bond donors (Lipinski definition) is 2. The molecule has 0 atom stereocenters. The van der Waals surface area contributed by atoms with Crippen LogP contribution in [0, 0.1) is 0 Å². The molecule has 1 aliphatic carbocycles. The van der Waals surface area contributed by atoms with Crippen molar-refractivity contribution in [3.05, 3.63) is 126 Å². The van der Waals surface area contributed by atoms with Crippen molar-refractivity contribution in [2.75, 3.05) is 10.6 Å². The molecule has 0 fully saturated rings. The number of ketones is 2. The van der Waals surface area contributed by atoms with Gasteiger partial charge in [-0.1, -0.05) is 70.7 Å². The Bertz CT molecular complexity index is 1660. The molecular weight excluding hydrogens is 570 g/mol. The van der Waals surface area contributed by atoms with E-state index in [1.165, 1.54) is 60.7 Å². The fourth-order valence-electron chi connectivity index (χ4n) is 4.19. The van der Waals surface area contributed by atoms with Gasteiger partial charge in [0.1, 0.15) is 0 Å². The zero-order valence-electron chi connectivity index (χ0n) is 19.1. The summed E-state index contributed by atoms with van der Waals surface area (Å²) in [5, 5.41) is 6.46. The second-order valence-corrected chi connectivity index (χ2v) is 10.1. The lowest BCUT2D eigenvalue weighted by atomic mass is 9.80. The van der Waals surface area contributed by atoms with Crippen LogP contribution in [-0.4, -0.2) is 23.4 Å². The smallest absolute Gasteiger partial charge is 0.256 e. The molecule has 0 saturated carbocycles. The van der Waals surface area contributed by atoms with E-state index in [9.17, 15) is 19.2 Å². The van der Waals surface area contributed by atoms with Gasteiger partial charge in [-0.05, 0) is 48.5 Å². The molecule has 10 heteroatoms. The monoisotopic (exact) mass is 582 g/mol. The fourth-order valence-corrected chi connectivity index (χ4v) is 5.24. The Morgan fingerprint density at radius 1 is 0.553 bits per heavy atom. The number of fused-ring (bicyclic) bond motifs is 2. The predicted molar refractivity (Wildman–Crippen MR) is 149 cm³/mol. The van der Waals surface area contributed by atoms with E-state index in [0.29, 0.717) is 15.7 Å². The number of carbonyl (C=O) groups is 4. The number of carbonyl (C=O) groups excluding carboxylic acids is 4. The van der Waals surface area contributed by atoms with Gasteiger partial charge in [0.2, 0.25) is 0 Å². The van der Waals surface area contributed by atoms with Crippen LogP contribution in [-0.2, 0) is 0 Å². The molecule has 1 aliphatic rings. The van der Waals surface area contributed by atoms with Gasteiger partial charge in [-0.15, -0.1) is 0 Å². The minimum Gasteiger partial charge on any atom is -0.322 e. The summed E-state index contributed by atoms with van der Waals surface area (Å²) in [6.07, 6.45) is 0. The summed E-state index contributed by atoms with van der Waals surface area (Å²) in [5.74, 6) is -2.39. The van der Waals surface area contributed by atoms with Crippen LogP contribution in [0.3, 0.4) is 0 Å². The highest BCUT2D eigenvalue weighted by molar-refractivity contribution is 6.36. The quantitative estimate of drug-likeness (QED) is 0.228. The maximum atomic E-state index is 13.5. The topological polar surface area (TPSA) is 92.3 Å². The van der Waals surface area contributed by atoms with Gasteiger partial charge in [0.05, 0.1) is 5.56 Å². The first-order valence-electron chi connectivity index (χ1n) is 11.0. The highest BCUT2D eigenvalue weighted by Crippen LogP contribution is 2.32. The normalized spacial score (nSPS) is 12.0. The molecule has 4 aromatic carbocycles. The van der Waals surface area contributed by atoms with Crippen LogP contribution in [0.15, 0.2) is 72.8 Å². The number of amides is 2. The number of hydrogen-bond acceptors (Lipinski definition) is 4. The van der Waals surface area contributed by atoms with Crippen LogP contribution in [0.5, 0.6) is 0 Å². The summed E-state index contributed by atoms with van der Waals surface area (Å²) >= 11 is 24.2. The van der Waals surface area contributed by atoms with Crippen LogP contribution in [0.25, 0.3) is 0 Å². The van der Waals surface area contributed by atoms with Gasteiger partial charge in [0.25, 0.3) is 11.8 Å². The van der Waals surface area contributed by atoms with Gasteiger partial charge in [-0.25, -0.2) is 0 Å². The van der Waals surface area contributed by atoms with E-state index in [1.54, 1.807) is 12.1 Å². The third kappa shape index (κ3) is 5.04. The molecule has 0 unspecified atom stereocenters. The summed E-state index contributed by atoms with van der Waals surface area (Å²) < 4.78 is 0. The maximum Gasteiger partial charge on any atom is 0.256 e. The van der Waals surface area contributed by atoms with Gasteiger partial charge >= 0.3 is 0 Å². The highest BCUT2D eigenvalue weighted by atomic mass is 35.5. The molecule has 0 aliphatic heterocycles. The van der Waals surface area contributed by atoms with Crippen molar-refractivity contribution in [1.82, 2.24) is 0 Å². The SMILES string of the molecule is O=C(Nc1cc(Cl)cc(Cl)c1)c1cc(C(=O)Nc2cc(Cl)cc(Cl)c2)c2c(c1)C(=O)c1ccccc1C2=O. The third-order valence-electron chi connectivity index (χ3n) is 5.77. The van der Waals surface area contributed by atoms with Crippen LogP contribution in [0.4, 0.5) is 11.4 Å². The van der Waals surface area contributed by atoms with E-state index in [4.69, 9.17) is 46.4 Å². The van der Waals surface area contributed by atoms with Crippen molar-refractivity contribution >= 4 is 81.2 Å². The van der Waals surface area contributed by atoms with Crippen molar-refractivity contribution in [3.63, 3.8) is 0 Å². The van der Waals surface area contributed by atoms with Crippen molar-refractivity contribution in [2.45, 2.75) is 0 Å². The zero-order chi connectivity index (χ0) is 27.1. The molecule has 0 bridgehead atoms. The van der Waals surface area contributed by atoms with Gasteiger partial charge in [-0.2, -0.15) is 0 Å². The van der Waals surface area contributed by atoms with E-state index in [2.05, 4.69) is 10.6 Å². The van der Waals surface area contributed by atoms with Crippen molar-refractivity contribution in [3.8, 4) is 0 Å². The number of nitrogens with one attached hydrogen (secondary N) is 2. The molecule has 188 valence electrons. The minimum absolute atomic E-state index is 0.0327. The van der Waals surface area contributed by atoms with Crippen molar-refractivity contribution in [1.29, 1.82) is 0 Å². The predicted octanol–water partition coefficient (Wildman–Crippen LogP) is 7.58. The molecule has 0 saturated heterocycles. The Kier molecular flexibility index (Phi) is 6.99. The average Bonchev–Trinajstić information content (AvgIpc) is 2.85. The first kappa shape index (κ1) is 25.9. The summed E-state index contributed by atoms with van der Waals surface area (Å²) in [6.45, 7) is 0. The molecule has 0 heterocycles. The van der Waals surface area contributed by atoms with Gasteiger partial charge in [0.15, 0.2) is 11.6 Å². The number of rotatable bonds is 4. The molecule has 6 nitrogen and oxygen atoms in total. The number of anilines is 2. The van der Waals surface area contributed by atoms with Crippen LogP contribution in [0.1, 0.15) is 52.6 Å². The van der Waals surface area contributed by atoms with E-state index < -0.39 is 23.4 Å². The Hall–Kier alpha value is -3.68. The Morgan fingerprint density at radius 3 is 1.55 bits per heavy atom. The first-order chi connectivity index (χ1) is 18.1. The second-order valence-electron chi connectivity index (χ2n) is 8.37. The lowest BCUT2D eigenvalue weighted by Gasteiger charge is -2.21. The second kappa shape index (κ2) is 10.2. The van der Waals surface area contributed by atoms with Crippen LogP contribution >= 0.6 is 46.4 Å². The van der Waals surface area contributed by atoms with Gasteiger partial charge in [-0.3, -0.25) is 19.2 Å². The summed E-state index contributed by atoms with van der Waals surface area (Å²) in [7, 11) is 0. The van der Waals surface area contributed by atoms with Gasteiger partial charge in [0, 0.05) is 59.3 Å².